The number of benzene rings is 1. The molecule has 0 aliphatic rings. The summed E-state index contributed by atoms with van der Waals surface area (Å²) >= 11 is 1.68. The summed E-state index contributed by atoms with van der Waals surface area (Å²) in [5, 5.41) is 14.0. The van der Waals surface area contributed by atoms with Crippen LogP contribution in [0.3, 0.4) is 0 Å². The van der Waals surface area contributed by atoms with E-state index in [9.17, 15) is 9.59 Å². The predicted octanol–water partition coefficient (Wildman–Crippen LogP) is 0.957. The monoisotopic (exact) mass is 310 g/mol. The summed E-state index contributed by atoms with van der Waals surface area (Å²) in [6, 6.07) is 7.23. The van der Waals surface area contributed by atoms with Gasteiger partial charge in [-0.3, -0.25) is 9.59 Å². The third-order valence-electron chi connectivity index (χ3n) is 2.71. The third kappa shape index (κ3) is 7.72. The zero-order valence-electron chi connectivity index (χ0n) is 12.2. The quantitative estimate of drug-likeness (QED) is 0.594. The van der Waals surface area contributed by atoms with Gasteiger partial charge in [-0.15, -0.1) is 0 Å². The summed E-state index contributed by atoms with van der Waals surface area (Å²) in [7, 11) is 0. The van der Waals surface area contributed by atoms with Crippen molar-refractivity contribution in [2.24, 2.45) is 0 Å². The Morgan fingerprint density at radius 1 is 1.24 bits per heavy atom. The Morgan fingerprint density at radius 2 is 2.05 bits per heavy atom. The van der Waals surface area contributed by atoms with Crippen molar-refractivity contribution in [1.29, 1.82) is 0 Å². The number of hydrogen-bond acceptors (Lipinski definition) is 4. The highest BCUT2D eigenvalue weighted by Crippen LogP contribution is 2.03. The Bertz CT molecular complexity index is 466. The van der Waals surface area contributed by atoms with E-state index in [1.165, 1.54) is 0 Å². The molecule has 1 rings (SSSR count). The van der Waals surface area contributed by atoms with E-state index < -0.39 is 0 Å². The van der Waals surface area contributed by atoms with Crippen LogP contribution in [-0.2, 0) is 4.79 Å². The normalized spacial score (nSPS) is 10.2. The first-order chi connectivity index (χ1) is 10.1. The highest BCUT2D eigenvalue weighted by Gasteiger charge is 2.07. The highest BCUT2D eigenvalue weighted by molar-refractivity contribution is 7.99. The number of thioether (sulfide) groups is 1. The molecule has 2 amide bonds. The molecular weight excluding hydrogens is 288 g/mol. The number of carbonyl (C=O) groups is 2. The Labute approximate surface area is 129 Å². The van der Waals surface area contributed by atoms with Crippen LogP contribution in [0.1, 0.15) is 22.3 Å². The van der Waals surface area contributed by atoms with E-state index in [2.05, 4.69) is 10.6 Å². The first kappa shape index (κ1) is 17.5. The Balaban J connectivity index is 2.16. The summed E-state index contributed by atoms with van der Waals surface area (Å²) < 4.78 is 0. The zero-order valence-corrected chi connectivity index (χ0v) is 13.0. The molecule has 3 N–H and O–H groups in total. The maximum Gasteiger partial charge on any atom is 0.251 e. The zero-order chi connectivity index (χ0) is 15.5. The lowest BCUT2D eigenvalue weighted by molar-refractivity contribution is -0.120. The maximum absolute atomic E-state index is 11.8. The molecule has 0 aliphatic heterocycles. The number of aryl methyl sites for hydroxylation is 1. The highest BCUT2D eigenvalue weighted by atomic mass is 32.2. The Kier molecular flexibility index (Phi) is 8.54. The van der Waals surface area contributed by atoms with Gasteiger partial charge in [0.25, 0.3) is 5.91 Å². The number of nitrogens with one attached hydrogen (secondary N) is 2. The van der Waals surface area contributed by atoms with Gasteiger partial charge in [0, 0.05) is 24.5 Å². The molecule has 0 spiro atoms. The van der Waals surface area contributed by atoms with Crippen molar-refractivity contribution in [3.8, 4) is 0 Å². The van der Waals surface area contributed by atoms with Crippen molar-refractivity contribution in [2.75, 3.05) is 31.2 Å². The molecule has 0 saturated heterocycles. The van der Waals surface area contributed by atoms with Crippen LogP contribution in [0.4, 0.5) is 0 Å². The number of rotatable bonds is 9. The van der Waals surface area contributed by atoms with E-state index in [1.54, 1.807) is 23.9 Å². The lowest BCUT2D eigenvalue weighted by Gasteiger charge is -2.07. The molecule has 0 saturated carbocycles. The number of amides is 2. The minimum absolute atomic E-state index is 0.0198. The summed E-state index contributed by atoms with van der Waals surface area (Å²) in [4.78, 5) is 23.4. The molecule has 0 aliphatic carbocycles. The van der Waals surface area contributed by atoms with Gasteiger partial charge in [0.05, 0.1) is 6.54 Å². The number of aliphatic hydroxyl groups excluding tert-OH is 1. The molecule has 0 radical (unpaired) electrons. The van der Waals surface area contributed by atoms with Gasteiger partial charge >= 0.3 is 0 Å². The van der Waals surface area contributed by atoms with Gasteiger partial charge < -0.3 is 15.7 Å². The lowest BCUT2D eigenvalue weighted by atomic mass is 10.1. The van der Waals surface area contributed by atoms with E-state index in [0.29, 0.717) is 12.1 Å². The van der Waals surface area contributed by atoms with Crippen LogP contribution in [0.5, 0.6) is 0 Å². The van der Waals surface area contributed by atoms with Gasteiger partial charge in [-0.1, -0.05) is 17.7 Å². The average Bonchev–Trinajstić information content (AvgIpc) is 2.48. The molecule has 0 atom stereocenters. The summed E-state index contributed by atoms with van der Waals surface area (Å²) in [5.74, 6) is 1.25. The molecule has 1 aromatic rings. The van der Waals surface area contributed by atoms with E-state index >= 15 is 0 Å². The van der Waals surface area contributed by atoms with Crippen LogP contribution >= 0.6 is 11.8 Å². The number of carbonyl (C=O) groups excluding carboxylic acids is 2. The molecule has 0 bridgehead atoms. The second-order valence-electron chi connectivity index (χ2n) is 4.59. The molecule has 5 nitrogen and oxygen atoms in total. The van der Waals surface area contributed by atoms with Crippen molar-refractivity contribution in [2.45, 2.75) is 13.3 Å². The van der Waals surface area contributed by atoms with Gasteiger partial charge in [-0.05, 0) is 31.2 Å². The lowest BCUT2D eigenvalue weighted by Crippen LogP contribution is -2.37. The van der Waals surface area contributed by atoms with E-state index in [0.717, 1.165) is 23.5 Å². The Hall–Kier alpha value is -1.53. The number of hydrogen-bond donors (Lipinski definition) is 3. The molecule has 0 heterocycles. The largest absolute Gasteiger partial charge is 0.396 e. The summed E-state index contributed by atoms with van der Waals surface area (Å²) in [6.07, 6.45) is 0.769. The van der Waals surface area contributed by atoms with Crippen molar-refractivity contribution < 1.29 is 14.7 Å². The second kappa shape index (κ2) is 10.2. The average molecular weight is 310 g/mol. The molecule has 116 valence electrons. The SMILES string of the molecule is Cc1cccc(C(=O)NCC(=O)NCCSCCCO)c1. The fraction of sp³-hybridized carbons (Fsp3) is 0.467. The van der Waals surface area contributed by atoms with Crippen LogP contribution < -0.4 is 10.6 Å². The van der Waals surface area contributed by atoms with Gasteiger partial charge in [0.2, 0.25) is 5.91 Å². The predicted molar refractivity (Wildman–Crippen MR) is 85.5 cm³/mol. The molecule has 0 aromatic heterocycles. The van der Waals surface area contributed by atoms with Crippen molar-refractivity contribution in [3.05, 3.63) is 35.4 Å². The van der Waals surface area contributed by atoms with Crippen LogP contribution in [0.15, 0.2) is 24.3 Å². The van der Waals surface area contributed by atoms with Gasteiger partial charge in [0.15, 0.2) is 0 Å². The first-order valence-corrected chi connectivity index (χ1v) is 8.09. The summed E-state index contributed by atoms with van der Waals surface area (Å²) in [6.45, 7) is 2.66. The third-order valence-corrected chi connectivity index (χ3v) is 3.78. The van der Waals surface area contributed by atoms with Crippen LogP contribution in [0, 0.1) is 6.92 Å². The van der Waals surface area contributed by atoms with E-state index in [-0.39, 0.29) is 25.0 Å². The van der Waals surface area contributed by atoms with E-state index in [4.69, 9.17) is 5.11 Å². The minimum atomic E-state index is -0.244. The van der Waals surface area contributed by atoms with Crippen LogP contribution in [0.25, 0.3) is 0 Å². The molecule has 21 heavy (non-hydrogen) atoms. The minimum Gasteiger partial charge on any atom is -0.396 e. The topological polar surface area (TPSA) is 78.4 Å². The van der Waals surface area contributed by atoms with Crippen molar-refractivity contribution in [1.82, 2.24) is 10.6 Å². The maximum atomic E-state index is 11.8. The van der Waals surface area contributed by atoms with E-state index in [1.807, 2.05) is 19.1 Å². The van der Waals surface area contributed by atoms with Gasteiger partial charge in [-0.25, -0.2) is 0 Å². The second-order valence-corrected chi connectivity index (χ2v) is 5.82. The van der Waals surface area contributed by atoms with Crippen LogP contribution in [0.2, 0.25) is 0 Å². The fourth-order valence-electron chi connectivity index (χ4n) is 1.64. The van der Waals surface area contributed by atoms with Crippen molar-refractivity contribution >= 4 is 23.6 Å². The first-order valence-electron chi connectivity index (χ1n) is 6.93. The Morgan fingerprint density at radius 3 is 2.76 bits per heavy atom. The molecule has 1 aromatic carbocycles. The van der Waals surface area contributed by atoms with Crippen LogP contribution in [-0.4, -0.2) is 48.1 Å². The molecular formula is C15H22N2O3S. The molecule has 0 fully saturated rings. The molecule has 0 unspecified atom stereocenters. The number of aliphatic hydroxyl groups is 1. The standard InChI is InChI=1S/C15H22N2O3S/c1-12-4-2-5-13(10-12)15(20)17-11-14(19)16-6-9-21-8-3-7-18/h2,4-5,10,18H,3,6-9,11H2,1H3,(H,16,19)(H,17,20). The summed E-state index contributed by atoms with van der Waals surface area (Å²) in [5.41, 5.74) is 1.56. The smallest absolute Gasteiger partial charge is 0.251 e. The van der Waals surface area contributed by atoms with Crippen molar-refractivity contribution in [3.63, 3.8) is 0 Å². The van der Waals surface area contributed by atoms with Gasteiger partial charge in [0.1, 0.15) is 0 Å². The molecule has 6 heteroatoms. The fourth-order valence-corrected chi connectivity index (χ4v) is 2.43. The van der Waals surface area contributed by atoms with Gasteiger partial charge in [-0.2, -0.15) is 11.8 Å².